The Morgan fingerprint density at radius 3 is 1.62 bits per heavy atom. The van der Waals surface area contributed by atoms with Crippen molar-refractivity contribution in [1.29, 1.82) is 0 Å². The zero-order valence-corrected chi connectivity index (χ0v) is 22.6. The Labute approximate surface area is 229 Å². The lowest BCUT2D eigenvalue weighted by Crippen LogP contribution is -2.59. The van der Waals surface area contributed by atoms with E-state index in [1.807, 2.05) is 54.6 Å². The van der Waals surface area contributed by atoms with Gasteiger partial charge in [-0.1, -0.05) is 105 Å². The number of carbonyl (C=O) groups is 3. The van der Waals surface area contributed by atoms with Crippen LogP contribution in [0.3, 0.4) is 0 Å². The summed E-state index contributed by atoms with van der Waals surface area (Å²) in [4.78, 5) is 43.7. The van der Waals surface area contributed by atoms with E-state index in [-0.39, 0.29) is 29.7 Å². The van der Waals surface area contributed by atoms with E-state index in [9.17, 15) is 19.5 Å². The number of carboxylic acid groups (broad SMARTS) is 1. The molecular formula is C32H35N3O4. The third-order valence-electron chi connectivity index (χ3n) is 8.09. The van der Waals surface area contributed by atoms with Crippen molar-refractivity contribution in [2.24, 2.45) is 11.8 Å². The number of hydrogen-bond acceptors (Lipinski definition) is 4. The lowest BCUT2D eigenvalue weighted by atomic mass is 9.76. The molecule has 2 amide bonds. The fourth-order valence-corrected chi connectivity index (χ4v) is 6.11. The van der Waals surface area contributed by atoms with Crippen LogP contribution in [-0.2, 0) is 19.9 Å². The molecule has 1 unspecified atom stereocenters. The molecule has 3 atom stereocenters. The van der Waals surface area contributed by atoms with E-state index >= 15 is 0 Å². The Hall–Kier alpha value is -3.97. The first-order valence-corrected chi connectivity index (χ1v) is 13.5. The van der Waals surface area contributed by atoms with Crippen LogP contribution >= 0.6 is 0 Å². The molecule has 3 aromatic carbocycles. The molecule has 39 heavy (non-hydrogen) atoms. The minimum Gasteiger partial charge on any atom is -0.480 e. The van der Waals surface area contributed by atoms with E-state index in [1.165, 1.54) is 4.90 Å². The minimum absolute atomic E-state index is 0.00696. The maximum absolute atomic E-state index is 13.7. The fourth-order valence-electron chi connectivity index (χ4n) is 6.11. The summed E-state index contributed by atoms with van der Waals surface area (Å²) in [6.45, 7) is 4.80. The monoisotopic (exact) mass is 525 g/mol. The number of rotatable bonds is 9. The van der Waals surface area contributed by atoms with E-state index in [4.69, 9.17) is 0 Å². The van der Waals surface area contributed by atoms with E-state index in [2.05, 4.69) is 41.3 Å². The Balaban J connectivity index is 1.39. The number of likely N-dealkylation sites (tertiary alicyclic amines) is 1. The Kier molecular flexibility index (Phi) is 7.28. The van der Waals surface area contributed by atoms with Crippen LogP contribution in [0, 0.1) is 11.8 Å². The van der Waals surface area contributed by atoms with Gasteiger partial charge >= 0.3 is 5.97 Å². The third kappa shape index (κ3) is 4.72. The second-order valence-electron chi connectivity index (χ2n) is 10.9. The highest BCUT2D eigenvalue weighted by molar-refractivity contribution is 5.90. The number of benzene rings is 3. The van der Waals surface area contributed by atoms with Crippen molar-refractivity contribution in [3.05, 3.63) is 108 Å². The summed E-state index contributed by atoms with van der Waals surface area (Å²) in [5.74, 6) is -1.82. The molecule has 2 heterocycles. The lowest BCUT2D eigenvalue weighted by Gasteiger charge is -2.42. The summed E-state index contributed by atoms with van der Waals surface area (Å²) in [5, 5.41) is 9.58. The average molecular weight is 526 g/mol. The molecule has 3 aromatic rings. The van der Waals surface area contributed by atoms with Gasteiger partial charge in [-0.15, -0.1) is 0 Å². The molecule has 1 N–H and O–H groups in total. The van der Waals surface area contributed by atoms with Gasteiger partial charge in [-0.2, -0.15) is 0 Å². The molecule has 2 aliphatic rings. The van der Waals surface area contributed by atoms with Gasteiger partial charge in [-0.3, -0.25) is 14.5 Å². The first kappa shape index (κ1) is 26.6. The van der Waals surface area contributed by atoms with Crippen molar-refractivity contribution in [2.45, 2.75) is 31.5 Å². The number of aliphatic carboxylic acids is 1. The molecule has 7 nitrogen and oxygen atoms in total. The minimum atomic E-state index is -1.01. The van der Waals surface area contributed by atoms with E-state index in [0.29, 0.717) is 19.6 Å². The highest BCUT2D eigenvalue weighted by atomic mass is 16.4. The summed E-state index contributed by atoms with van der Waals surface area (Å²) in [5.41, 5.74) is 2.62. The lowest BCUT2D eigenvalue weighted by molar-refractivity contribution is -0.157. The van der Waals surface area contributed by atoms with Crippen LogP contribution in [-0.4, -0.2) is 76.4 Å². The highest BCUT2D eigenvalue weighted by Gasteiger charge is 2.58. The van der Waals surface area contributed by atoms with Gasteiger partial charge in [0.15, 0.2) is 0 Å². The second-order valence-corrected chi connectivity index (χ2v) is 10.9. The summed E-state index contributed by atoms with van der Waals surface area (Å²) in [7, 11) is 1.54. The van der Waals surface area contributed by atoms with Gasteiger partial charge in [0, 0.05) is 26.7 Å². The molecular weight excluding hydrogens is 490 g/mol. The second kappa shape index (κ2) is 10.7. The highest BCUT2D eigenvalue weighted by Crippen LogP contribution is 2.48. The number of nitrogens with zero attached hydrogens (tertiary/aromatic N) is 3. The molecule has 0 aliphatic carbocycles. The molecule has 0 aromatic heterocycles. The molecule has 0 spiro atoms. The van der Waals surface area contributed by atoms with Gasteiger partial charge < -0.3 is 14.9 Å². The van der Waals surface area contributed by atoms with Crippen LogP contribution in [0.2, 0.25) is 0 Å². The van der Waals surface area contributed by atoms with Crippen molar-refractivity contribution in [3.63, 3.8) is 0 Å². The summed E-state index contributed by atoms with van der Waals surface area (Å²) >= 11 is 0. The van der Waals surface area contributed by atoms with Gasteiger partial charge in [-0.25, -0.2) is 4.79 Å². The van der Waals surface area contributed by atoms with Gasteiger partial charge in [0.1, 0.15) is 12.1 Å². The number of carboxylic acids is 1. The van der Waals surface area contributed by atoms with E-state index in [0.717, 1.165) is 16.7 Å². The first-order chi connectivity index (χ1) is 18.8. The Morgan fingerprint density at radius 2 is 1.23 bits per heavy atom. The normalized spacial score (nSPS) is 19.7. The van der Waals surface area contributed by atoms with Crippen molar-refractivity contribution < 1.29 is 19.5 Å². The predicted molar refractivity (Wildman–Crippen MR) is 149 cm³/mol. The van der Waals surface area contributed by atoms with Gasteiger partial charge in [0.05, 0.1) is 11.5 Å². The van der Waals surface area contributed by atoms with Crippen LogP contribution in [0.1, 0.15) is 30.5 Å². The quantitative estimate of drug-likeness (QED) is 0.341. The average Bonchev–Trinajstić information content (AvgIpc) is 3.71. The molecule has 0 radical (unpaired) electrons. The predicted octanol–water partition coefficient (Wildman–Crippen LogP) is 3.69. The fraction of sp³-hybridized carbons (Fsp3) is 0.344. The summed E-state index contributed by atoms with van der Waals surface area (Å²) < 4.78 is 0. The third-order valence-corrected chi connectivity index (χ3v) is 8.09. The number of carbonyl (C=O) groups excluding carboxylic acids is 2. The van der Waals surface area contributed by atoms with Gasteiger partial charge in [0.2, 0.25) is 11.8 Å². The van der Waals surface area contributed by atoms with Crippen LogP contribution in [0.4, 0.5) is 0 Å². The molecule has 0 bridgehead atoms. The summed E-state index contributed by atoms with van der Waals surface area (Å²) in [6.07, 6.45) is 0. The van der Waals surface area contributed by atoms with Crippen molar-refractivity contribution in [3.8, 4) is 0 Å². The molecule has 2 fully saturated rings. The number of hydrogen-bond donors (Lipinski definition) is 1. The standard InChI is InChI=1S/C32H35N3O4/c1-22(2)28(31(38)39)33(3)29(36)23-19-34(20-23)30(37)27-21-35(27)32(24-13-7-4-8-14-24,25-15-9-5-10-16-25)26-17-11-6-12-18-26/h4-18,22-23,27-28H,19-21H2,1-3H3,(H,38,39)/t27-,28+,35?/m1/s1. The Bertz CT molecular complexity index is 1230. The Morgan fingerprint density at radius 1 is 0.795 bits per heavy atom. The van der Waals surface area contributed by atoms with Gasteiger partial charge in [-0.05, 0) is 22.6 Å². The molecule has 5 rings (SSSR count). The zero-order valence-electron chi connectivity index (χ0n) is 22.6. The van der Waals surface area contributed by atoms with Gasteiger partial charge in [0.25, 0.3) is 0 Å². The maximum Gasteiger partial charge on any atom is 0.326 e. The maximum atomic E-state index is 13.7. The van der Waals surface area contributed by atoms with Crippen LogP contribution in [0.5, 0.6) is 0 Å². The molecule has 7 heteroatoms. The largest absolute Gasteiger partial charge is 0.480 e. The zero-order chi connectivity index (χ0) is 27.7. The van der Waals surface area contributed by atoms with E-state index < -0.39 is 17.6 Å². The molecule has 0 saturated carbocycles. The van der Waals surface area contributed by atoms with E-state index in [1.54, 1.807) is 25.8 Å². The van der Waals surface area contributed by atoms with Crippen LogP contribution < -0.4 is 0 Å². The molecule has 2 saturated heterocycles. The van der Waals surface area contributed by atoms with Crippen molar-refractivity contribution in [2.75, 3.05) is 26.7 Å². The number of likely N-dealkylation sites (N-methyl/N-ethyl adjacent to an activating group) is 1. The van der Waals surface area contributed by atoms with Crippen LogP contribution in [0.15, 0.2) is 91.0 Å². The van der Waals surface area contributed by atoms with Crippen molar-refractivity contribution in [1.82, 2.24) is 14.7 Å². The number of amides is 2. The SMILES string of the molecule is CC(C)[C@@H](C(=O)O)N(C)C(=O)C1CN(C(=O)[C@H]2CN2C(c2ccccc2)(c2ccccc2)c2ccccc2)C1. The topological polar surface area (TPSA) is 80.9 Å². The smallest absolute Gasteiger partial charge is 0.326 e. The molecule has 202 valence electrons. The van der Waals surface area contributed by atoms with Crippen molar-refractivity contribution >= 4 is 17.8 Å². The first-order valence-electron chi connectivity index (χ1n) is 13.5. The van der Waals surface area contributed by atoms with Crippen LogP contribution in [0.25, 0.3) is 0 Å². The summed E-state index contributed by atoms with van der Waals surface area (Å²) in [6, 6.07) is 29.6. The molecule has 2 aliphatic heterocycles.